The Morgan fingerprint density at radius 1 is 1.09 bits per heavy atom. The van der Waals surface area contributed by atoms with Crippen LogP contribution in [0.25, 0.3) is 11.4 Å². The second kappa shape index (κ2) is 8.06. The SMILES string of the molecule is CC(C)c1ccc([C@](O)(c2cncc(-c3noc(CC(C)(C)O)n3)c2)C2(C)CNC2)cc1. The van der Waals surface area contributed by atoms with E-state index in [0.29, 0.717) is 41.8 Å². The van der Waals surface area contributed by atoms with Crippen LogP contribution in [0.15, 0.2) is 47.2 Å². The summed E-state index contributed by atoms with van der Waals surface area (Å²) in [6.07, 6.45) is 3.62. The Labute approximate surface area is 188 Å². The summed E-state index contributed by atoms with van der Waals surface area (Å²) in [5.41, 5.74) is 0.822. The van der Waals surface area contributed by atoms with E-state index >= 15 is 0 Å². The molecule has 0 bridgehead atoms. The number of rotatable bonds is 7. The highest BCUT2D eigenvalue weighted by molar-refractivity contribution is 5.56. The van der Waals surface area contributed by atoms with Crippen molar-refractivity contribution in [3.05, 3.63) is 65.3 Å². The molecular weight excluding hydrogens is 404 g/mol. The minimum atomic E-state index is -1.24. The average molecular weight is 437 g/mol. The third-order valence-electron chi connectivity index (χ3n) is 6.37. The Bertz CT molecular complexity index is 1080. The summed E-state index contributed by atoms with van der Waals surface area (Å²) in [5, 5.41) is 29.6. The van der Waals surface area contributed by atoms with Crippen molar-refractivity contribution < 1.29 is 14.7 Å². The Morgan fingerprint density at radius 3 is 2.34 bits per heavy atom. The van der Waals surface area contributed by atoms with E-state index in [4.69, 9.17) is 4.52 Å². The van der Waals surface area contributed by atoms with E-state index in [9.17, 15) is 10.2 Å². The van der Waals surface area contributed by atoms with E-state index < -0.39 is 16.6 Å². The van der Waals surface area contributed by atoms with Crippen LogP contribution in [0.4, 0.5) is 0 Å². The minimum absolute atomic E-state index is 0.253. The van der Waals surface area contributed by atoms with E-state index in [0.717, 1.165) is 5.56 Å². The van der Waals surface area contributed by atoms with Crippen molar-refractivity contribution >= 4 is 0 Å². The first-order valence-corrected chi connectivity index (χ1v) is 11.1. The summed E-state index contributed by atoms with van der Waals surface area (Å²) >= 11 is 0. The van der Waals surface area contributed by atoms with E-state index in [1.165, 1.54) is 5.56 Å². The summed E-state index contributed by atoms with van der Waals surface area (Å²) in [6.45, 7) is 11.2. The quantitative estimate of drug-likeness (QED) is 0.521. The normalized spacial score (nSPS) is 17.8. The molecule has 7 nitrogen and oxygen atoms in total. The summed E-state index contributed by atoms with van der Waals surface area (Å²) in [5.74, 6) is 1.15. The van der Waals surface area contributed by atoms with Gasteiger partial charge in [0, 0.05) is 42.0 Å². The third kappa shape index (κ3) is 4.08. The lowest BCUT2D eigenvalue weighted by Crippen LogP contribution is -2.63. The average Bonchev–Trinajstić information content (AvgIpc) is 3.18. The monoisotopic (exact) mass is 436 g/mol. The lowest BCUT2D eigenvalue weighted by atomic mass is 9.63. The van der Waals surface area contributed by atoms with Crippen LogP contribution in [0.3, 0.4) is 0 Å². The highest BCUT2D eigenvalue weighted by Gasteiger charge is 2.53. The number of nitrogens with zero attached hydrogens (tertiary/aromatic N) is 3. The van der Waals surface area contributed by atoms with Gasteiger partial charge >= 0.3 is 0 Å². The fourth-order valence-corrected chi connectivity index (χ4v) is 4.30. The molecule has 1 aromatic carbocycles. The van der Waals surface area contributed by atoms with Crippen molar-refractivity contribution in [3.63, 3.8) is 0 Å². The van der Waals surface area contributed by atoms with Gasteiger partial charge in [-0.05, 0) is 37.0 Å². The molecule has 32 heavy (non-hydrogen) atoms. The van der Waals surface area contributed by atoms with Gasteiger partial charge in [-0.25, -0.2) is 0 Å². The lowest BCUT2D eigenvalue weighted by Gasteiger charge is -2.52. The molecule has 0 unspecified atom stereocenters. The Kier molecular flexibility index (Phi) is 5.69. The van der Waals surface area contributed by atoms with E-state index in [1.54, 1.807) is 26.2 Å². The molecule has 4 rings (SSSR count). The number of hydrogen-bond donors (Lipinski definition) is 3. The molecule has 1 aliphatic heterocycles. The van der Waals surface area contributed by atoms with Crippen LogP contribution < -0.4 is 5.32 Å². The van der Waals surface area contributed by atoms with Crippen LogP contribution in [-0.2, 0) is 12.0 Å². The number of pyridine rings is 1. The first kappa shape index (κ1) is 22.6. The zero-order valence-corrected chi connectivity index (χ0v) is 19.4. The molecule has 3 N–H and O–H groups in total. The molecule has 1 saturated heterocycles. The maximum Gasteiger partial charge on any atom is 0.229 e. The molecule has 0 aliphatic carbocycles. The van der Waals surface area contributed by atoms with Crippen molar-refractivity contribution in [2.24, 2.45) is 5.41 Å². The summed E-state index contributed by atoms with van der Waals surface area (Å²) in [6, 6.07) is 10.1. The first-order valence-electron chi connectivity index (χ1n) is 11.1. The summed E-state index contributed by atoms with van der Waals surface area (Å²) in [7, 11) is 0. The fourth-order valence-electron chi connectivity index (χ4n) is 4.30. The van der Waals surface area contributed by atoms with Crippen LogP contribution in [-0.4, -0.2) is 44.0 Å². The van der Waals surface area contributed by atoms with Crippen molar-refractivity contribution in [1.82, 2.24) is 20.4 Å². The largest absolute Gasteiger partial charge is 0.390 e. The van der Waals surface area contributed by atoms with Gasteiger partial charge in [0.15, 0.2) is 0 Å². The van der Waals surface area contributed by atoms with Crippen LogP contribution in [0.1, 0.15) is 63.1 Å². The van der Waals surface area contributed by atoms with Crippen LogP contribution >= 0.6 is 0 Å². The van der Waals surface area contributed by atoms with Crippen LogP contribution in [0, 0.1) is 5.41 Å². The summed E-state index contributed by atoms with van der Waals surface area (Å²) < 4.78 is 5.32. The number of aromatic nitrogens is 3. The zero-order valence-electron chi connectivity index (χ0n) is 19.4. The zero-order chi connectivity index (χ0) is 23.1. The van der Waals surface area contributed by atoms with Gasteiger partial charge in [-0.15, -0.1) is 0 Å². The molecule has 0 amide bonds. The second-order valence-electron chi connectivity index (χ2n) is 10.1. The first-order chi connectivity index (χ1) is 15.0. The predicted octanol–water partition coefficient (Wildman–Crippen LogP) is 3.41. The highest BCUT2D eigenvalue weighted by atomic mass is 16.5. The van der Waals surface area contributed by atoms with Gasteiger partial charge in [-0.1, -0.05) is 50.2 Å². The molecule has 0 radical (unpaired) electrons. The third-order valence-corrected chi connectivity index (χ3v) is 6.37. The van der Waals surface area contributed by atoms with Gasteiger partial charge in [0.25, 0.3) is 0 Å². The van der Waals surface area contributed by atoms with Gasteiger partial charge in [-0.2, -0.15) is 4.98 Å². The minimum Gasteiger partial charge on any atom is -0.390 e. The number of nitrogens with one attached hydrogen (secondary N) is 1. The van der Waals surface area contributed by atoms with Gasteiger partial charge in [0.05, 0.1) is 12.0 Å². The molecule has 7 heteroatoms. The Hall–Kier alpha value is -2.61. The topological polar surface area (TPSA) is 104 Å². The fraction of sp³-hybridized carbons (Fsp3) is 0.480. The molecule has 170 valence electrons. The van der Waals surface area contributed by atoms with Gasteiger partial charge in [-0.3, -0.25) is 4.98 Å². The smallest absolute Gasteiger partial charge is 0.229 e. The number of aliphatic hydroxyl groups is 2. The van der Waals surface area contributed by atoms with E-state index in [1.807, 2.05) is 18.2 Å². The van der Waals surface area contributed by atoms with E-state index in [-0.39, 0.29) is 6.42 Å². The molecule has 2 aromatic heterocycles. The van der Waals surface area contributed by atoms with Crippen molar-refractivity contribution in [2.45, 2.75) is 58.2 Å². The van der Waals surface area contributed by atoms with Gasteiger partial charge < -0.3 is 20.1 Å². The van der Waals surface area contributed by atoms with E-state index in [2.05, 4.69) is 53.3 Å². The molecule has 0 saturated carbocycles. The second-order valence-corrected chi connectivity index (χ2v) is 10.1. The van der Waals surface area contributed by atoms with Crippen LogP contribution in [0.5, 0.6) is 0 Å². The summed E-state index contributed by atoms with van der Waals surface area (Å²) in [4.78, 5) is 8.82. The number of hydrogen-bond acceptors (Lipinski definition) is 7. The van der Waals surface area contributed by atoms with Gasteiger partial charge in [0.1, 0.15) is 5.60 Å². The molecule has 0 spiro atoms. The van der Waals surface area contributed by atoms with Crippen molar-refractivity contribution in [3.8, 4) is 11.4 Å². The maximum absolute atomic E-state index is 12.2. The lowest BCUT2D eigenvalue weighted by molar-refractivity contribution is -0.0769. The van der Waals surface area contributed by atoms with Crippen molar-refractivity contribution in [2.75, 3.05) is 13.1 Å². The maximum atomic E-state index is 12.2. The molecule has 3 heterocycles. The molecule has 1 aliphatic rings. The van der Waals surface area contributed by atoms with Crippen molar-refractivity contribution in [1.29, 1.82) is 0 Å². The Balaban J connectivity index is 1.75. The van der Waals surface area contributed by atoms with Crippen LogP contribution in [0.2, 0.25) is 0 Å². The Morgan fingerprint density at radius 2 is 1.78 bits per heavy atom. The molecular formula is C25H32N4O3. The molecule has 3 aromatic rings. The molecule has 1 fully saturated rings. The highest BCUT2D eigenvalue weighted by Crippen LogP contribution is 2.48. The van der Waals surface area contributed by atoms with Gasteiger partial charge in [0.2, 0.25) is 11.7 Å². The standard InChI is InChI=1S/C25H32N4O3/c1-16(2)17-6-8-19(9-7-17)25(31,24(5)14-27-15-24)20-10-18(12-26-13-20)22-28-21(32-29-22)11-23(3,4)30/h6-10,12-13,16,27,30-31H,11,14-15H2,1-5H3/t25-/m0/s1. The number of benzene rings is 1. The molecule has 1 atom stereocenters. The predicted molar refractivity (Wildman–Crippen MR) is 122 cm³/mol.